The molecule has 10 unspecified atom stereocenters. The highest BCUT2D eigenvalue weighted by Gasteiger charge is 2.73. The summed E-state index contributed by atoms with van der Waals surface area (Å²) in [6.45, 7) is 14.7. The predicted octanol–water partition coefficient (Wildman–Crippen LogP) is 6.14. The maximum atomic E-state index is 12.9. The summed E-state index contributed by atoms with van der Waals surface area (Å²) in [6.07, 6.45) is 10.7. The maximum Gasteiger partial charge on any atom is 0.158 e. The zero-order valence-corrected chi connectivity index (χ0v) is 20.1. The lowest BCUT2D eigenvalue weighted by molar-refractivity contribution is -0.246. The molecule has 0 spiro atoms. The molecular formula is C27H42O3. The van der Waals surface area contributed by atoms with Crippen LogP contribution >= 0.6 is 0 Å². The fourth-order valence-electron chi connectivity index (χ4n) is 10.7. The van der Waals surface area contributed by atoms with E-state index in [2.05, 4.69) is 41.5 Å². The van der Waals surface area contributed by atoms with Gasteiger partial charge in [-0.15, -0.1) is 0 Å². The van der Waals surface area contributed by atoms with Crippen molar-refractivity contribution in [1.82, 2.24) is 0 Å². The van der Waals surface area contributed by atoms with E-state index >= 15 is 0 Å². The first-order chi connectivity index (χ1) is 14.0. The second-order valence-corrected chi connectivity index (χ2v) is 13.6. The number of ether oxygens (including phenoxy) is 2. The van der Waals surface area contributed by atoms with E-state index in [1.54, 1.807) is 0 Å². The molecular weight excluding hydrogens is 372 g/mol. The number of carbonyl (C=O) groups is 1. The van der Waals surface area contributed by atoms with Crippen LogP contribution in [-0.4, -0.2) is 23.8 Å². The molecule has 6 aliphatic rings. The lowest BCUT2D eigenvalue weighted by atomic mass is 9.35. The molecule has 6 fully saturated rings. The summed E-state index contributed by atoms with van der Waals surface area (Å²) < 4.78 is 13.4. The van der Waals surface area contributed by atoms with Crippen LogP contribution in [0.15, 0.2) is 0 Å². The number of hydrogen-bond acceptors (Lipinski definition) is 3. The highest BCUT2D eigenvalue weighted by atomic mass is 16.7. The molecule has 3 nitrogen and oxygen atoms in total. The van der Waals surface area contributed by atoms with Gasteiger partial charge in [0.25, 0.3) is 0 Å². The van der Waals surface area contributed by atoms with Gasteiger partial charge in [-0.1, -0.05) is 34.6 Å². The average molecular weight is 415 g/mol. The van der Waals surface area contributed by atoms with Gasteiger partial charge in [0.05, 0.1) is 11.7 Å². The van der Waals surface area contributed by atoms with Gasteiger partial charge >= 0.3 is 0 Å². The second-order valence-electron chi connectivity index (χ2n) is 13.6. The van der Waals surface area contributed by atoms with Crippen molar-refractivity contribution in [2.75, 3.05) is 0 Å². The first-order valence-corrected chi connectivity index (χ1v) is 12.8. The van der Waals surface area contributed by atoms with Gasteiger partial charge in [-0.3, -0.25) is 4.79 Å². The fraction of sp³-hybridized carbons (Fsp3) is 0.963. The summed E-state index contributed by atoms with van der Waals surface area (Å²) in [5.74, 6) is 2.93. The zero-order chi connectivity index (χ0) is 21.3. The smallest absolute Gasteiger partial charge is 0.158 e. The second kappa shape index (κ2) is 5.74. The minimum atomic E-state index is -0.176. The van der Waals surface area contributed by atoms with Crippen LogP contribution in [0.1, 0.15) is 99.3 Å². The molecule has 168 valence electrons. The van der Waals surface area contributed by atoms with E-state index in [1.807, 2.05) is 0 Å². The fourth-order valence-corrected chi connectivity index (χ4v) is 10.7. The highest BCUT2D eigenvalue weighted by molar-refractivity contribution is 5.85. The van der Waals surface area contributed by atoms with Crippen LogP contribution in [0.25, 0.3) is 0 Å². The third kappa shape index (κ3) is 2.13. The SMILES string of the molecule is CC12CCC(OC3CC4C5(C)CCC(=O)C(C)(C)C5CCC4(C)C4(C)CCC1C34)O2. The van der Waals surface area contributed by atoms with Crippen LogP contribution in [0.2, 0.25) is 0 Å². The first-order valence-electron chi connectivity index (χ1n) is 12.8. The van der Waals surface area contributed by atoms with Crippen molar-refractivity contribution in [3.05, 3.63) is 0 Å². The van der Waals surface area contributed by atoms with Gasteiger partial charge in [-0.2, -0.15) is 0 Å². The summed E-state index contributed by atoms with van der Waals surface area (Å²) in [7, 11) is 0. The lowest BCUT2D eigenvalue weighted by Crippen LogP contribution is -2.66. The van der Waals surface area contributed by atoms with Gasteiger partial charge in [0.1, 0.15) is 5.78 Å². The maximum absolute atomic E-state index is 12.9. The number of hydrogen-bond donors (Lipinski definition) is 0. The van der Waals surface area contributed by atoms with Gasteiger partial charge in [0.2, 0.25) is 0 Å². The molecule has 4 aliphatic carbocycles. The Balaban J connectivity index is 1.46. The van der Waals surface area contributed by atoms with Crippen LogP contribution < -0.4 is 0 Å². The number of fused-ring (bicyclic) bond motifs is 7. The molecule has 0 aromatic carbocycles. The summed E-state index contributed by atoms with van der Waals surface area (Å²) in [6, 6.07) is 0. The highest BCUT2D eigenvalue weighted by Crippen LogP contribution is 2.76. The Morgan fingerprint density at radius 2 is 1.57 bits per heavy atom. The van der Waals surface area contributed by atoms with Crippen LogP contribution in [-0.2, 0) is 14.3 Å². The Kier molecular flexibility index (Phi) is 3.87. The quantitative estimate of drug-likeness (QED) is 0.477. The topological polar surface area (TPSA) is 35.5 Å². The average Bonchev–Trinajstić information content (AvgIpc) is 3.19. The van der Waals surface area contributed by atoms with E-state index < -0.39 is 0 Å². The molecule has 10 atom stereocenters. The van der Waals surface area contributed by atoms with Gasteiger partial charge < -0.3 is 9.47 Å². The molecule has 3 heteroatoms. The number of rotatable bonds is 0. The zero-order valence-electron chi connectivity index (χ0n) is 20.1. The molecule has 0 aromatic heterocycles. The Bertz CT molecular complexity index is 789. The number of Topliss-reactive ketones (excluding diaryl/α,β-unsaturated/α-hetero) is 1. The van der Waals surface area contributed by atoms with Crippen LogP contribution in [0, 0.1) is 45.3 Å². The first kappa shape index (κ1) is 20.2. The van der Waals surface area contributed by atoms with E-state index in [4.69, 9.17) is 9.47 Å². The molecule has 2 saturated heterocycles. The molecule has 0 aromatic rings. The number of ketones is 1. The van der Waals surface area contributed by atoms with Gasteiger partial charge in [0, 0.05) is 18.3 Å². The molecule has 4 saturated carbocycles. The van der Waals surface area contributed by atoms with Crippen LogP contribution in [0.5, 0.6) is 0 Å². The van der Waals surface area contributed by atoms with Gasteiger partial charge in [-0.05, 0) is 91.8 Å². The molecule has 0 amide bonds. The van der Waals surface area contributed by atoms with Crippen molar-refractivity contribution in [3.8, 4) is 0 Å². The molecule has 0 N–H and O–H groups in total. The Morgan fingerprint density at radius 1 is 0.833 bits per heavy atom. The minimum absolute atomic E-state index is 0.00998. The van der Waals surface area contributed by atoms with E-state index in [0.717, 1.165) is 25.7 Å². The van der Waals surface area contributed by atoms with Gasteiger partial charge in [0.15, 0.2) is 6.29 Å². The van der Waals surface area contributed by atoms with Gasteiger partial charge in [-0.25, -0.2) is 0 Å². The summed E-state index contributed by atoms with van der Waals surface area (Å²) in [5.41, 5.74) is 0.751. The summed E-state index contributed by atoms with van der Waals surface area (Å²) in [4.78, 5) is 12.9. The van der Waals surface area contributed by atoms with Crippen molar-refractivity contribution >= 4 is 5.78 Å². The van der Waals surface area contributed by atoms with Crippen LogP contribution in [0.3, 0.4) is 0 Å². The normalized spacial score (nSPS) is 61.1. The monoisotopic (exact) mass is 414 g/mol. The van der Waals surface area contributed by atoms with Crippen molar-refractivity contribution in [3.63, 3.8) is 0 Å². The molecule has 2 bridgehead atoms. The lowest BCUT2D eigenvalue weighted by Gasteiger charge is -2.70. The van der Waals surface area contributed by atoms with Crippen molar-refractivity contribution in [1.29, 1.82) is 0 Å². The van der Waals surface area contributed by atoms with Crippen molar-refractivity contribution < 1.29 is 14.3 Å². The summed E-state index contributed by atoms with van der Waals surface area (Å²) in [5, 5.41) is 0. The standard InChI is InChI=1S/C27H42O3/c1-23(2)18-8-13-25(4)19(24(18,3)11-9-20(23)28)15-17-22-16(7-12-26(22,25)5)27(6)14-10-21(29-17)30-27/h16-19,21-22H,7-15H2,1-6H3. The molecule has 2 aliphatic heterocycles. The van der Waals surface area contributed by atoms with Crippen molar-refractivity contribution in [2.45, 2.75) is 117 Å². The molecule has 2 heterocycles. The van der Waals surface area contributed by atoms with E-state index in [1.165, 1.54) is 32.1 Å². The molecule has 0 radical (unpaired) electrons. The Morgan fingerprint density at radius 3 is 2.33 bits per heavy atom. The Hall–Kier alpha value is -0.410. The molecule has 6 rings (SSSR count). The minimum Gasteiger partial charge on any atom is -0.349 e. The third-order valence-electron chi connectivity index (χ3n) is 12.5. The van der Waals surface area contributed by atoms with Crippen LogP contribution in [0.4, 0.5) is 0 Å². The Labute approximate surface area is 183 Å². The van der Waals surface area contributed by atoms with Crippen molar-refractivity contribution in [2.24, 2.45) is 45.3 Å². The number of carbonyl (C=O) groups excluding carboxylic acids is 1. The third-order valence-corrected chi connectivity index (χ3v) is 12.5. The van der Waals surface area contributed by atoms with E-state index in [0.29, 0.717) is 46.4 Å². The van der Waals surface area contributed by atoms with E-state index in [-0.39, 0.29) is 22.7 Å². The molecule has 30 heavy (non-hydrogen) atoms. The summed E-state index contributed by atoms with van der Waals surface area (Å²) >= 11 is 0. The largest absolute Gasteiger partial charge is 0.349 e. The van der Waals surface area contributed by atoms with E-state index in [9.17, 15) is 4.79 Å². The predicted molar refractivity (Wildman–Crippen MR) is 117 cm³/mol.